The molecule has 0 bridgehead atoms. The zero-order chi connectivity index (χ0) is 27.4. The summed E-state index contributed by atoms with van der Waals surface area (Å²) < 4.78 is 17.5. The number of alkyl halides is 1. The fourth-order valence-corrected chi connectivity index (χ4v) is 5.23. The molecule has 0 spiro atoms. The third-order valence-corrected chi connectivity index (χ3v) is 6.95. The molecule has 19 heteroatoms. The van der Waals surface area contributed by atoms with Crippen LogP contribution < -0.4 is 50.7 Å². The number of fused-ring (bicyclic) bond motifs is 1. The number of amides is 1. The molecule has 0 unspecified atom stereocenters. The molecular formula is C20H20FN8NaO7S2. The van der Waals surface area contributed by atoms with Gasteiger partial charge in [0.2, 0.25) is 0 Å². The third-order valence-electron chi connectivity index (χ3n) is 5.26. The van der Waals surface area contributed by atoms with Crippen molar-refractivity contribution in [3.8, 4) is 5.88 Å². The summed E-state index contributed by atoms with van der Waals surface area (Å²) in [6.45, 7) is 0.626. The minimum Gasteiger partial charge on any atom is -0.857 e. The Balaban J connectivity index is 0.00000420. The van der Waals surface area contributed by atoms with E-state index in [4.69, 9.17) is 15.3 Å². The van der Waals surface area contributed by atoms with Gasteiger partial charge in [-0.05, 0) is 19.8 Å². The molecule has 15 nitrogen and oxygen atoms in total. The molecule has 2 aliphatic heterocycles. The number of halogens is 1. The van der Waals surface area contributed by atoms with Crippen molar-refractivity contribution >= 4 is 51.7 Å². The number of carbonyl (C=O) groups excluding carboxylic acids is 1. The number of aromatic amines is 1. The van der Waals surface area contributed by atoms with Crippen LogP contribution in [0.1, 0.15) is 25.5 Å². The minimum absolute atomic E-state index is 0. The summed E-state index contributed by atoms with van der Waals surface area (Å²) in [5.41, 5.74) is 4.35. The van der Waals surface area contributed by atoms with Crippen LogP contribution in [0.15, 0.2) is 36.1 Å². The number of thioether (sulfide) groups is 1. The minimum atomic E-state index is -1.38. The van der Waals surface area contributed by atoms with E-state index in [0.29, 0.717) is 0 Å². The topological polar surface area (TPSA) is 221 Å². The number of nitrogens with two attached hydrogens (primary N) is 1. The van der Waals surface area contributed by atoms with Gasteiger partial charge in [-0.2, -0.15) is 0 Å². The van der Waals surface area contributed by atoms with Crippen LogP contribution in [0.3, 0.4) is 0 Å². The van der Waals surface area contributed by atoms with Gasteiger partial charge in [-0.25, -0.2) is 14.2 Å². The number of nitrogens with one attached hydrogen (secondary N) is 1. The largest absolute Gasteiger partial charge is 1.00 e. The number of carboxylic acid groups (broad SMARTS) is 1. The molecule has 2 aromatic heterocycles. The van der Waals surface area contributed by atoms with Crippen molar-refractivity contribution in [1.29, 1.82) is 0 Å². The van der Waals surface area contributed by atoms with Gasteiger partial charge in [0.1, 0.15) is 36.4 Å². The first-order valence-corrected chi connectivity index (χ1v) is 12.7. The molecule has 4 rings (SSSR count). The monoisotopic (exact) mass is 590 g/mol. The fourth-order valence-electron chi connectivity index (χ4n) is 3.72. The van der Waals surface area contributed by atoms with Crippen molar-refractivity contribution in [3.63, 3.8) is 0 Å². The third kappa shape index (κ3) is 6.57. The summed E-state index contributed by atoms with van der Waals surface area (Å²) in [5, 5.41) is 35.5. The second-order valence-electron chi connectivity index (χ2n) is 7.60. The molecule has 4 heterocycles. The molecule has 1 amide bonds. The molecule has 0 aromatic carbocycles. The fraction of sp³-hybridized carbons (Fsp3) is 0.400. The molecule has 0 aliphatic carbocycles. The molecule has 2 aromatic rings. The van der Waals surface area contributed by atoms with E-state index >= 15 is 0 Å². The van der Waals surface area contributed by atoms with Gasteiger partial charge in [0.25, 0.3) is 11.8 Å². The van der Waals surface area contributed by atoms with E-state index in [-0.39, 0.29) is 87.2 Å². The van der Waals surface area contributed by atoms with Crippen molar-refractivity contribution < 1.29 is 63.3 Å². The quantitative estimate of drug-likeness (QED) is 0.0580. The molecular weight excluding hydrogens is 570 g/mol. The number of β-lactam (4-membered cyclic amide) rings is 1. The number of thiazole rings is 1. The van der Waals surface area contributed by atoms with E-state index in [9.17, 15) is 29.0 Å². The summed E-state index contributed by atoms with van der Waals surface area (Å²) in [7, 11) is 0. The summed E-state index contributed by atoms with van der Waals surface area (Å²) in [6.07, 6.45) is 0.469. The Morgan fingerprint density at radius 1 is 1.44 bits per heavy atom. The number of oxime groups is 1. The van der Waals surface area contributed by atoms with E-state index in [1.165, 1.54) is 5.38 Å². The van der Waals surface area contributed by atoms with Crippen molar-refractivity contribution in [2.24, 2.45) is 10.1 Å². The van der Waals surface area contributed by atoms with Gasteiger partial charge in [0, 0.05) is 16.2 Å². The standard InChI is InChI=1S/C20H21FN8O7S2.Na/c1-2-35-16-15(31)25-20(27-26-16)38-10-4-3-9-12(17(32)29(9)13(10)18(33)34)24-14(30)11(28-36-6-5-21)8-7-37-19(22)23-8;/h7,9,12H,2-6H2,1H3,(H2,22,23)(H,24,30)(H,33,34)(H,25,27,31);/q;+1/p-1/b28-11+;/t9-,12+;/m1./s1. The van der Waals surface area contributed by atoms with Gasteiger partial charge in [0.05, 0.1) is 12.6 Å². The molecule has 2 atom stereocenters. The van der Waals surface area contributed by atoms with Crippen LogP contribution in [0.5, 0.6) is 5.88 Å². The van der Waals surface area contributed by atoms with Crippen molar-refractivity contribution in [2.75, 3.05) is 25.6 Å². The summed E-state index contributed by atoms with van der Waals surface area (Å²) >= 11 is 1.88. The van der Waals surface area contributed by atoms with E-state index < -0.39 is 48.7 Å². The molecule has 2 aliphatic rings. The van der Waals surface area contributed by atoms with E-state index in [1.807, 2.05) is 0 Å². The normalized spacial score (nSPS) is 19.2. The van der Waals surface area contributed by atoms with E-state index in [1.54, 1.807) is 6.92 Å². The number of hydrogen-bond donors (Lipinski definition) is 3. The maximum Gasteiger partial charge on any atom is 1.00 e. The average Bonchev–Trinajstić information content (AvgIpc) is 3.32. The Labute approximate surface area is 249 Å². The predicted molar refractivity (Wildman–Crippen MR) is 130 cm³/mol. The first kappa shape index (κ1) is 30.5. The molecule has 1 saturated heterocycles. The van der Waals surface area contributed by atoms with Gasteiger partial charge in [-0.15, -0.1) is 21.5 Å². The first-order chi connectivity index (χ1) is 18.2. The number of aliphatic imine (C=N–C) groups is 1. The van der Waals surface area contributed by atoms with Gasteiger partial charge < -0.3 is 25.5 Å². The number of carboxylic acids is 1. The second-order valence-corrected chi connectivity index (χ2v) is 9.58. The van der Waals surface area contributed by atoms with Gasteiger partial charge >= 0.3 is 41.1 Å². The van der Waals surface area contributed by atoms with Crippen molar-refractivity contribution in [1.82, 2.24) is 25.1 Å². The van der Waals surface area contributed by atoms with Crippen LogP contribution in [0.25, 0.3) is 0 Å². The van der Waals surface area contributed by atoms with Crippen LogP contribution in [-0.4, -0.2) is 85.6 Å². The number of allylic oxidation sites excluding steroid dienone is 1. The number of hydrogen-bond acceptors (Lipinski definition) is 14. The number of ether oxygens (including phenoxy) is 1. The summed E-state index contributed by atoms with van der Waals surface area (Å²) in [6, 6.07) is -1.88. The van der Waals surface area contributed by atoms with Crippen LogP contribution in [0.2, 0.25) is 0 Å². The van der Waals surface area contributed by atoms with Crippen LogP contribution >= 0.6 is 23.1 Å². The molecule has 202 valence electrons. The molecule has 4 N–H and O–H groups in total. The smallest absolute Gasteiger partial charge is 0.857 e. The Bertz CT molecular complexity index is 1400. The number of H-pyrrole nitrogens is 1. The molecule has 39 heavy (non-hydrogen) atoms. The SMILES string of the molecule is CCOc1nnc(SC2=C(C(=O)O)N3C(=O)[C@@H](N=C([O-])/C(=N/OCCF)c4csc(N)n4)[C@H]3CC2)[nH]c1=O.[Na+]. The zero-order valence-electron chi connectivity index (χ0n) is 20.6. The number of anilines is 1. The summed E-state index contributed by atoms with van der Waals surface area (Å²) in [5.74, 6) is -3.27. The predicted octanol–water partition coefficient (Wildman–Crippen LogP) is -3.48. The number of nitrogen functional groups attached to an aromatic ring is 1. The number of carbonyl (C=O) groups is 2. The van der Waals surface area contributed by atoms with Gasteiger partial charge in [-0.3, -0.25) is 24.5 Å². The Morgan fingerprint density at radius 3 is 2.82 bits per heavy atom. The molecule has 0 radical (unpaired) electrons. The van der Waals surface area contributed by atoms with Crippen molar-refractivity contribution in [2.45, 2.75) is 37.0 Å². The van der Waals surface area contributed by atoms with Crippen LogP contribution in [0, 0.1) is 0 Å². The van der Waals surface area contributed by atoms with E-state index in [2.05, 4.69) is 30.3 Å². The van der Waals surface area contributed by atoms with E-state index in [0.717, 1.165) is 28.0 Å². The maximum absolute atomic E-state index is 13.0. The Hall–Kier alpha value is -3.06. The maximum atomic E-state index is 13.0. The number of aliphatic carboxylic acids is 1. The Morgan fingerprint density at radius 2 is 2.21 bits per heavy atom. The zero-order valence-corrected chi connectivity index (χ0v) is 24.3. The number of aromatic nitrogens is 4. The van der Waals surface area contributed by atoms with Crippen LogP contribution in [0.4, 0.5) is 9.52 Å². The molecule has 1 fully saturated rings. The second kappa shape index (κ2) is 13.3. The number of nitrogens with zero attached hydrogens (tertiary/aromatic N) is 6. The van der Waals surface area contributed by atoms with Crippen molar-refractivity contribution in [3.05, 3.63) is 32.0 Å². The molecule has 0 saturated carbocycles. The number of rotatable bonds is 11. The van der Waals surface area contributed by atoms with Gasteiger partial charge in [-0.1, -0.05) is 16.9 Å². The Kier molecular flexibility index (Phi) is 10.4. The average molecular weight is 591 g/mol. The first-order valence-electron chi connectivity index (χ1n) is 11.0. The van der Waals surface area contributed by atoms with Crippen LogP contribution in [-0.2, 0) is 14.4 Å². The summed E-state index contributed by atoms with van der Waals surface area (Å²) in [4.78, 5) is 53.6. The van der Waals surface area contributed by atoms with Gasteiger partial charge in [0.15, 0.2) is 10.3 Å².